The third-order valence-electron chi connectivity index (χ3n) is 3.53. The van der Waals surface area contributed by atoms with Crippen LogP contribution in [0.25, 0.3) is 0 Å². The van der Waals surface area contributed by atoms with E-state index in [1.807, 2.05) is 31.3 Å². The maximum absolute atomic E-state index is 13.1. The van der Waals surface area contributed by atoms with Gasteiger partial charge in [0, 0.05) is 18.8 Å². The number of aryl methyl sites for hydroxylation is 1. The number of aromatic nitrogens is 1. The van der Waals surface area contributed by atoms with Crippen molar-refractivity contribution in [2.75, 3.05) is 0 Å². The Morgan fingerprint density at radius 3 is 2.29 bits per heavy atom. The maximum atomic E-state index is 13.1. The average Bonchev–Trinajstić information content (AvgIpc) is 2.42. The first-order chi connectivity index (χ1) is 9.86. The minimum atomic E-state index is -0.202. The number of pyridine rings is 1. The van der Waals surface area contributed by atoms with E-state index in [9.17, 15) is 4.39 Å². The number of nitrogens with one attached hydrogen (secondary N) is 1. The SMILES string of the molecule is Cc1ccc(CNC(c2ccc(F)cc2)C(C)(C)C)nc1. The molecule has 1 unspecified atom stereocenters. The normalized spacial score (nSPS) is 13.2. The molecule has 3 heteroatoms. The van der Waals surface area contributed by atoms with E-state index in [1.54, 1.807) is 0 Å². The summed E-state index contributed by atoms with van der Waals surface area (Å²) in [6.45, 7) is 9.25. The number of halogens is 1. The van der Waals surface area contributed by atoms with E-state index in [1.165, 1.54) is 12.1 Å². The highest BCUT2D eigenvalue weighted by Crippen LogP contribution is 2.33. The Morgan fingerprint density at radius 2 is 1.76 bits per heavy atom. The van der Waals surface area contributed by atoms with Crippen LogP contribution in [0.2, 0.25) is 0 Å². The van der Waals surface area contributed by atoms with Gasteiger partial charge in [0.2, 0.25) is 0 Å². The summed E-state index contributed by atoms with van der Waals surface area (Å²) in [5.41, 5.74) is 3.29. The van der Waals surface area contributed by atoms with Crippen molar-refractivity contribution in [3.05, 3.63) is 65.2 Å². The van der Waals surface area contributed by atoms with Gasteiger partial charge in [-0.2, -0.15) is 0 Å². The molecule has 112 valence electrons. The second-order valence-electron chi connectivity index (χ2n) is 6.56. The Balaban J connectivity index is 2.14. The van der Waals surface area contributed by atoms with Crippen LogP contribution >= 0.6 is 0 Å². The van der Waals surface area contributed by atoms with Gasteiger partial charge >= 0.3 is 0 Å². The van der Waals surface area contributed by atoms with E-state index in [0.29, 0.717) is 6.54 Å². The lowest BCUT2D eigenvalue weighted by atomic mass is 9.82. The molecule has 1 aromatic carbocycles. The molecule has 0 spiro atoms. The maximum Gasteiger partial charge on any atom is 0.123 e. The summed E-state index contributed by atoms with van der Waals surface area (Å²) in [6.07, 6.45) is 1.88. The highest BCUT2D eigenvalue weighted by atomic mass is 19.1. The number of rotatable bonds is 4. The molecule has 0 amide bonds. The van der Waals surface area contributed by atoms with E-state index in [4.69, 9.17) is 0 Å². The molecular weight excluding hydrogens is 263 g/mol. The zero-order chi connectivity index (χ0) is 15.5. The lowest BCUT2D eigenvalue weighted by Gasteiger charge is -2.32. The van der Waals surface area contributed by atoms with Crippen molar-refractivity contribution < 1.29 is 4.39 Å². The summed E-state index contributed by atoms with van der Waals surface area (Å²) in [5, 5.41) is 3.55. The first-order valence-electron chi connectivity index (χ1n) is 7.26. The molecule has 0 saturated heterocycles. The zero-order valence-corrected chi connectivity index (χ0v) is 13.2. The molecule has 2 aromatic rings. The predicted octanol–water partition coefficient (Wildman–Crippen LogP) is 4.41. The zero-order valence-electron chi connectivity index (χ0n) is 13.2. The average molecular weight is 286 g/mol. The number of hydrogen-bond acceptors (Lipinski definition) is 2. The summed E-state index contributed by atoms with van der Waals surface area (Å²) >= 11 is 0. The third-order valence-corrected chi connectivity index (χ3v) is 3.53. The molecule has 0 aliphatic carbocycles. The molecule has 21 heavy (non-hydrogen) atoms. The Kier molecular flexibility index (Phi) is 4.73. The van der Waals surface area contributed by atoms with Crippen LogP contribution in [0.4, 0.5) is 4.39 Å². The molecular formula is C18H23FN2. The first-order valence-corrected chi connectivity index (χ1v) is 7.26. The van der Waals surface area contributed by atoms with Gasteiger partial charge in [-0.25, -0.2) is 4.39 Å². The van der Waals surface area contributed by atoms with Gasteiger partial charge in [-0.05, 0) is 41.7 Å². The summed E-state index contributed by atoms with van der Waals surface area (Å²) in [4.78, 5) is 4.42. The Morgan fingerprint density at radius 1 is 1.10 bits per heavy atom. The molecule has 1 heterocycles. The number of benzene rings is 1. The lowest BCUT2D eigenvalue weighted by molar-refractivity contribution is 0.270. The minimum absolute atomic E-state index is 0.0303. The second-order valence-corrected chi connectivity index (χ2v) is 6.56. The standard InChI is InChI=1S/C18H23FN2/c1-13-5-10-16(20-11-13)12-21-17(18(2,3)4)14-6-8-15(19)9-7-14/h5-11,17,21H,12H2,1-4H3. The van der Waals surface area contributed by atoms with Gasteiger partial charge in [-0.15, -0.1) is 0 Å². The minimum Gasteiger partial charge on any atom is -0.304 e. The van der Waals surface area contributed by atoms with Crippen LogP contribution in [0.15, 0.2) is 42.6 Å². The van der Waals surface area contributed by atoms with Crippen LogP contribution < -0.4 is 5.32 Å². The van der Waals surface area contributed by atoms with Crippen molar-refractivity contribution in [2.24, 2.45) is 5.41 Å². The number of hydrogen-bond donors (Lipinski definition) is 1. The fraction of sp³-hybridized carbons (Fsp3) is 0.389. The van der Waals surface area contributed by atoms with E-state index in [0.717, 1.165) is 16.8 Å². The Bertz CT molecular complexity index is 568. The topological polar surface area (TPSA) is 24.9 Å². The van der Waals surface area contributed by atoms with Crippen LogP contribution in [-0.2, 0) is 6.54 Å². The smallest absolute Gasteiger partial charge is 0.123 e. The molecule has 2 rings (SSSR count). The van der Waals surface area contributed by atoms with Gasteiger partial charge in [0.05, 0.1) is 5.69 Å². The fourth-order valence-corrected chi connectivity index (χ4v) is 2.39. The van der Waals surface area contributed by atoms with Gasteiger partial charge in [0.25, 0.3) is 0 Å². The molecule has 0 fully saturated rings. The Hall–Kier alpha value is -1.74. The van der Waals surface area contributed by atoms with Crippen LogP contribution in [-0.4, -0.2) is 4.98 Å². The highest BCUT2D eigenvalue weighted by Gasteiger charge is 2.25. The Labute approximate surface area is 126 Å². The molecule has 1 N–H and O–H groups in total. The van der Waals surface area contributed by atoms with Crippen molar-refractivity contribution in [1.29, 1.82) is 0 Å². The molecule has 0 aliphatic rings. The molecule has 0 bridgehead atoms. The van der Waals surface area contributed by atoms with Crippen LogP contribution in [0, 0.1) is 18.2 Å². The first kappa shape index (κ1) is 15.6. The fourth-order valence-electron chi connectivity index (χ4n) is 2.39. The number of nitrogens with zero attached hydrogens (tertiary/aromatic N) is 1. The summed E-state index contributed by atoms with van der Waals surface area (Å²) in [5.74, 6) is -0.202. The molecule has 2 nitrogen and oxygen atoms in total. The van der Waals surface area contributed by atoms with Crippen molar-refractivity contribution >= 4 is 0 Å². The molecule has 1 aromatic heterocycles. The van der Waals surface area contributed by atoms with Gasteiger partial charge < -0.3 is 5.32 Å². The lowest BCUT2D eigenvalue weighted by Crippen LogP contribution is -2.32. The van der Waals surface area contributed by atoms with E-state index >= 15 is 0 Å². The highest BCUT2D eigenvalue weighted by molar-refractivity contribution is 5.22. The van der Waals surface area contributed by atoms with Crippen molar-refractivity contribution in [3.8, 4) is 0 Å². The largest absolute Gasteiger partial charge is 0.304 e. The van der Waals surface area contributed by atoms with Crippen LogP contribution in [0.5, 0.6) is 0 Å². The van der Waals surface area contributed by atoms with Gasteiger partial charge in [-0.3, -0.25) is 4.98 Å². The quantitative estimate of drug-likeness (QED) is 0.900. The molecule has 0 aliphatic heterocycles. The summed E-state index contributed by atoms with van der Waals surface area (Å²) in [7, 11) is 0. The van der Waals surface area contributed by atoms with E-state index < -0.39 is 0 Å². The second kappa shape index (κ2) is 6.35. The van der Waals surface area contributed by atoms with Crippen molar-refractivity contribution in [1.82, 2.24) is 10.3 Å². The summed E-state index contributed by atoms with van der Waals surface area (Å²) < 4.78 is 13.1. The van der Waals surface area contributed by atoms with Gasteiger partial charge in [0.15, 0.2) is 0 Å². The van der Waals surface area contributed by atoms with Crippen LogP contribution in [0.1, 0.15) is 43.6 Å². The van der Waals surface area contributed by atoms with Gasteiger partial charge in [-0.1, -0.05) is 39.0 Å². The third kappa shape index (κ3) is 4.36. The van der Waals surface area contributed by atoms with E-state index in [2.05, 4.69) is 37.1 Å². The van der Waals surface area contributed by atoms with Crippen molar-refractivity contribution in [3.63, 3.8) is 0 Å². The van der Waals surface area contributed by atoms with E-state index in [-0.39, 0.29) is 17.3 Å². The van der Waals surface area contributed by atoms with Crippen molar-refractivity contribution in [2.45, 2.75) is 40.3 Å². The molecule has 0 radical (unpaired) electrons. The molecule has 0 saturated carbocycles. The molecule has 1 atom stereocenters. The summed E-state index contributed by atoms with van der Waals surface area (Å²) in [6, 6.07) is 11.0. The monoisotopic (exact) mass is 286 g/mol. The van der Waals surface area contributed by atoms with Crippen LogP contribution in [0.3, 0.4) is 0 Å². The predicted molar refractivity (Wildman–Crippen MR) is 84.4 cm³/mol. The van der Waals surface area contributed by atoms with Gasteiger partial charge in [0.1, 0.15) is 5.82 Å².